The zero-order valence-electron chi connectivity index (χ0n) is 16.7. The minimum atomic E-state index is -3.62. The Balaban J connectivity index is 1.76. The Kier molecular flexibility index (Phi) is 4.63. The van der Waals surface area contributed by atoms with Crippen LogP contribution in [0.5, 0.6) is 0 Å². The van der Waals surface area contributed by atoms with E-state index in [0.29, 0.717) is 30.1 Å². The minimum Gasteiger partial charge on any atom is -0.250 e. The third kappa shape index (κ3) is 2.76. The highest BCUT2D eigenvalue weighted by molar-refractivity contribution is 7.86. The highest BCUT2D eigenvalue weighted by atomic mass is 32.2. The third-order valence-corrected chi connectivity index (χ3v) is 8.86. The molecule has 3 nitrogen and oxygen atoms in total. The molecule has 27 heavy (non-hydrogen) atoms. The SMILES string of the molecule is C#C[C@]1(OS(C)(=O)=O)CC[C@H]2[C@@H]3CCC4=CCCC[C@@H]4[C@H]3C(=C)C[C@@]21CC. The first-order valence-corrected chi connectivity index (χ1v) is 12.3. The zero-order chi connectivity index (χ0) is 19.4. The summed E-state index contributed by atoms with van der Waals surface area (Å²) in [5.41, 5.74) is 1.62. The lowest BCUT2D eigenvalue weighted by Gasteiger charge is -2.57. The minimum absolute atomic E-state index is 0.307. The van der Waals surface area contributed by atoms with Crippen molar-refractivity contribution in [3.8, 4) is 12.3 Å². The van der Waals surface area contributed by atoms with Gasteiger partial charge < -0.3 is 0 Å². The molecule has 0 aromatic carbocycles. The second-order valence-electron chi connectivity index (χ2n) is 9.29. The predicted molar refractivity (Wildman–Crippen MR) is 108 cm³/mol. The van der Waals surface area contributed by atoms with E-state index in [4.69, 9.17) is 10.6 Å². The molecule has 4 rings (SSSR count). The van der Waals surface area contributed by atoms with Crippen LogP contribution in [0.15, 0.2) is 23.8 Å². The third-order valence-electron chi connectivity index (χ3n) is 8.27. The van der Waals surface area contributed by atoms with Gasteiger partial charge in [0.05, 0.1) is 6.26 Å². The van der Waals surface area contributed by atoms with Crippen molar-refractivity contribution in [1.29, 1.82) is 0 Å². The van der Waals surface area contributed by atoms with Crippen molar-refractivity contribution in [3.63, 3.8) is 0 Å². The normalized spacial score (nSPS) is 43.9. The van der Waals surface area contributed by atoms with Crippen LogP contribution in [0.3, 0.4) is 0 Å². The van der Waals surface area contributed by atoms with Crippen molar-refractivity contribution in [2.24, 2.45) is 29.1 Å². The van der Waals surface area contributed by atoms with Crippen LogP contribution in [-0.2, 0) is 14.3 Å². The molecule has 4 aliphatic rings. The van der Waals surface area contributed by atoms with Crippen molar-refractivity contribution >= 4 is 10.1 Å². The van der Waals surface area contributed by atoms with E-state index in [0.717, 1.165) is 25.5 Å². The zero-order valence-corrected chi connectivity index (χ0v) is 17.5. The van der Waals surface area contributed by atoms with Gasteiger partial charge in [-0.15, -0.1) is 6.42 Å². The van der Waals surface area contributed by atoms with E-state index in [1.54, 1.807) is 5.57 Å². The van der Waals surface area contributed by atoms with Crippen LogP contribution in [0.4, 0.5) is 0 Å². The summed E-state index contributed by atoms with van der Waals surface area (Å²) < 4.78 is 29.9. The van der Waals surface area contributed by atoms with Crippen LogP contribution >= 0.6 is 0 Å². The molecule has 0 radical (unpaired) electrons. The van der Waals surface area contributed by atoms with Crippen molar-refractivity contribution in [2.75, 3.05) is 6.26 Å². The average Bonchev–Trinajstić information content (AvgIpc) is 2.94. The van der Waals surface area contributed by atoms with Gasteiger partial charge in [0.2, 0.25) is 0 Å². The van der Waals surface area contributed by atoms with Gasteiger partial charge in [-0.1, -0.05) is 36.6 Å². The lowest BCUT2D eigenvalue weighted by molar-refractivity contribution is -0.0620. The van der Waals surface area contributed by atoms with Crippen LogP contribution in [0.25, 0.3) is 0 Å². The molecule has 148 valence electrons. The Bertz CT molecular complexity index is 817. The maximum absolute atomic E-state index is 12.1. The first-order valence-electron chi connectivity index (χ1n) is 10.5. The van der Waals surface area contributed by atoms with E-state index in [2.05, 4.69) is 25.5 Å². The van der Waals surface area contributed by atoms with E-state index in [1.165, 1.54) is 37.7 Å². The molecule has 0 aromatic rings. The van der Waals surface area contributed by atoms with Crippen molar-refractivity contribution < 1.29 is 12.6 Å². The van der Waals surface area contributed by atoms with Crippen molar-refractivity contribution in [2.45, 2.75) is 70.3 Å². The fraction of sp³-hybridized carbons (Fsp3) is 0.739. The summed E-state index contributed by atoms with van der Waals surface area (Å²) in [6.07, 6.45) is 19.0. The Hall–Kier alpha value is -1.05. The van der Waals surface area contributed by atoms with Crippen LogP contribution in [-0.4, -0.2) is 20.3 Å². The Morgan fingerprint density at radius 1 is 1.37 bits per heavy atom. The molecule has 0 heterocycles. The monoisotopic (exact) mass is 388 g/mol. The first kappa shape index (κ1) is 19.3. The Labute approximate surface area is 164 Å². The number of fused-ring (bicyclic) bond motifs is 5. The van der Waals surface area contributed by atoms with Gasteiger partial charge in [0.25, 0.3) is 10.1 Å². The largest absolute Gasteiger partial charge is 0.265 e. The molecule has 0 aliphatic heterocycles. The highest BCUT2D eigenvalue weighted by Gasteiger charge is 2.66. The number of hydrogen-bond donors (Lipinski definition) is 0. The molecule has 3 saturated carbocycles. The molecule has 0 amide bonds. The number of hydrogen-bond acceptors (Lipinski definition) is 3. The summed E-state index contributed by atoms with van der Waals surface area (Å²) >= 11 is 0. The predicted octanol–water partition coefficient (Wildman–Crippen LogP) is 4.85. The summed E-state index contributed by atoms with van der Waals surface area (Å²) in [4.78, 5) is 0. The first-order chi connectivity index (χ1) is 12.8. The van der Waals surface area contributed by atoms with Gasteiger partial charge in [0, 0.05) is 5.41 Å². The second-order valence-corrected chi connectivity index (χ2v) is 10.9. The summed E-state index contributed by atoms with van der Waals surface area (Å²) in [5, 5.41) is 0. The molecule has 4 aliphatic carbocycles. The maximum Gasteiger partial charge on any atom is 0.265 e. The highest BCUT2D eigenvalue weighted by Crippen LogP contribution is 2.68. The van der Waals surface area contributed by atoms with Crippen LogP contribution in [0, 0.1) is 41.4 Å². The van der Waals surface area contributed by atoms with Crippen molar-refractivity contribution in [1.82, 2.24) is 0 Å². The molecule has 0 unspecified atom stereocenters. The van der Waals surface area contributed by atoms with E-state index in [1.807, 2.05) is 0 Å². The number of allylic oxidation sites excluding steroid dienone is 3. The van der Waals surface area contributed by atoms with Crippen LogP contribution in [0.2, 0.25) is 0 Å². The Morgan fingerprint density at radius 3 is 2.81 bits per heavy atom. The maximum atomic E-state index is 12.1. The fourth-order valence-electron chi connectivity index (χ4n) is 7.41. The lowest BCUT2D eigenvalue weighted by Crippen LogP contribution is -2.55. The molecule has 3 fully saturated rings. The average molecular weight is 389 g/mol. The van der Waals surface area contributed by atoms with Crippen LogP contribution < -0.4 is 0 Å². The topological polar surface area (TPSA) is 43.4 Å². The van der Waals surface area contributed by atoms with Crippen LogP contribution in [0.1, 0.15) is 64.7 Å². The van der Waals surface area contributed by atoms with E-state index in [9.17, 15) is 8.42 Å². The smallest absolute Gasteiger partial charge is 0.250 e. The summed E-state index contributed by atoms with van der Waals surface area (Å²) in [6, 6.07) is 0. The summed E-state index contributed by atoms with van der Waals surface area (Å²) in [6.45, 7) is 6.69. The standard InChI is InChI=1S/C23H32O3S/c1-5-22-15-16(3)21-18-10-8-7-9-17(18)11-12-19(21)20(22)13-14-23(22,6-2)26-27(4,24)25/h2,9,18-21H,3,5,7-8,10-15H2,1,4H3/t18-,19-,20-,21+,22-,23-/m0/s1. The second kappa shape index (κ2) is 6.49. The lowest BCUT2D eigenvalue weighted by atomic mass is 9.48. The fourth-order valence-corrected chi connectivity index (χ4v) is 8.22. The Morgan fingerprint density at radius 2 is 2.15 bits per heavy atom. The molecule has 0 bridgehead atoms. The van der Waals surface area contributed by atoms with Gasteiger partial charge >= 0.3 is 0 Å². The van der Waals surface area contributed by atoms with E-state index >= 15 is 0 Å². The molecule has 4 heteroatoms. The van der Waals surface area contributed by atoms with E-state index in [-0.39, 0.29) is 5.41 Å². The van der Waals surface area contributed by atoms with Gasteiger partial charge in [0.1, 0.15) is 0 Å². The van der Waals surface area contributed by atoms with E-state index < -0.39 is 15.7 Å². The van der Waals surface area contributed by atoms with Gasteiger partial charge in [-0.2, -0.15) is 8.42 Å². The van der Waals surface area contributed by atoms with Gasteiger partial charge in [-0.25, -0.2) is 4.18 Å². The molecule has 0 aromatic heterocycles. The number of rotatable bonds is 3. The molecule has 0 spiro atoms. The quantitative estimate of drug-likeness (QED) is 0.394. The number of terminal acetylenes is 1. The molecule has 0 N–H and O–H groups in total. The molecular weight excluding hydrogens is 356 g/mol. The molecular formula is C23H32O3S. The van der Waals surface area contributed by atoms with Gasteiger partial charge in [0.15, 0.2) is 5.60 Å². The van der Waals surface area contributed by atoms with Crippen molar-refractivity contribution in [3.05, 3.63) is 23.8 Å². The van der Waals surface area contributed by atoms with Gasteiger partial charge in [-0.3, -0.25) is 0 Å². The summed E-state index contributed by atoms with van der Waals surface area (Å²) in [7, 11) is -3.62. The van der Waals surface area contributed by atoms with Gasteiger partial charge in [-0.05, 0) is 81.5 Å². The molecule has 0 saturated heterocycles. The molecule has 6 atom stereocenters. The summed E-state index contributed by atoms with van der Waals surface area (Å²) in [5.74, 6) is 5.03.